The Bertz CT molecular complexity index is 644. The molecule has 1 unspecified atom stereocenters. The lowest BCUT2D eigenvalue weighted by Gasteiger charge is -2.40. The summed E-state index contributed by atoms with van der Waals surface area (Å²) in [6, 6.07) is 4.75. The van der Waals surface area contributed by atoms with E-state index in [-0.39, 0.29) is 17.3 Å². The van der Waals surface area contributed by atoms with Gasteiger partial charge in [-0.15, -0.1) is 0 Å². The molecule has 1 saturated heterocycles. The minimum absolute atomic E-state index is 0.0977. The molecule has 0 aliphatic carbocycles. The molecule has 1 aliphatic heterocycles. The number of hydrogen-bond acceptors (Lipinski definition) is 5. The van der Waals surface area contributed by atoms with Crippen molar-refractivity contribution >= 4 is 24.7 Å². The summed E-state index contributed by atoms with van der Waals surface area (Å²) in [6.07, 6.45) is 2.88. The van der Waals surface area contributed by atoms with Crippen LogP contribution in [0.3, 0.4) is 0 Å². The first-order chi connectivity index (χ1) is 12.7. The molecule has 1 aromatic rings. The number of benzene rings is 1. The molecule has 150 valence electrons. The van der Waals surface area contributed by atoms with Crippen LogP contribution in [0.5, 0.6) is 0 Å². The van der Waals surface area contributed by atoms with Gasteiger partial charge in [0.25, 0.3) is 0 Å². The van der Waals surface area contributed by atoms with Gasteiger partial charge in [0.1, 0.15) is 11.4 Å². The fourth-order valence-corrected chi connectivity index (χ4v) is 3.85. The number of nitrogens with zero attached hydrogens (tertiary/aromatic N) is 1. The Morgan fingerprint density at radius 1 is 1.33 bits per heavy atom. The Balaban J connectivity index is 1.88. The summed E-state index contributed by atoms with van der Waals surface area (Å²) in [6.45, 7) is 1.97. The van der Waals surface area contributed by atoms with Crippen LogP contribution in [-0.2, 0) is 11.3 Å². The quantitative estimate of drug-likeness (QED) is 0.374. The van der Waals surface area contributed by atoms with Gasteiger partial charge in [-0.2, -0.15) is 0 Å². The highest BCUT2D eigenvalue weighted by Gasteiger charge is 2.42. The lowest BCUT2D eigenvalue weighted by molar-refractivity contribution is -0.147. The molecule has 1 atom stereocenters. The van der Waals surface area contributed by atoms with E-state index < -0.39 is 24.4 Å². The second-order valence-electron chi connectivity index (χ2n) is 7.37. The van der Waals surface area contributed by atoms with E-state index in [0.717, 1.165) is 5.56 Å². The highest BCUT2D eigenvalue weighted by molar-refractivity contribution is 6.40. The number of carbonyl (C=O) groups is 1. The molecule has 5 N–H and O–H groups in total. The van der Waals surface area contributed by atoms with Gasteiger partial charge < -0.3 is 20.9 Å². The zero-order valence-electron chi connectivity index (χ0n) is 15.3. The summed E-state index contributed by atoms with van der Waals surface area (Å²) in [5.41, 5.74) is 5.78. The van der Waals surface area contributed by atoms with Gasteiger partial charge in [0.05, 0.1) is 5.02 Å². The van der Waals surface area contributed by atoms with Gasteiger partial charge in [0.2, 0.25) is 0 Å². The number of carboxylic acids is 1. The predicted molar refractivity (Wildman–Crippen MR) is 103 cm³/mol. The van der Waals surface area contributed by atoms with E-state index in [1.54, 1.807) is 6.07 Å². The molecule has 0 spiro atoms. The number of unbranched alkanes of at least 4 members (excludes halogenated alkanes) is 1. The maximum atomic E-state index is 13.6. The van der Waals surface area contributed by atoms with Gasteiger partial charge in [0.15, 0.2) is 0 Å². The number of hydrogen-bond donors (Lipinski definition) is 4. The minimum atomic E-state index is -1.37. The zero-order chi connectivity index (χ0) is 20.0. The highest BCUT2D eigenvalue weighted by atomic mass is 35.5. The van der Waals surface area contributed by atoms with Crippen molar-refractivity contribution in [1.82, 2.24) is 4.90 Å². The van der Waals surface area contributed by atoms with Crippen LogP contribution in [0.4, 0.5) is 4.39 Å². The molecule has 1 aromatic carbocycles. The van der Waals surface area contributed by atoms with E-state index in [2.05, 4.69) is 4.90 Å². The van der Waals surface area contributed by atoms with E-state index in [4.69, 9.17) is 27.4 Å². The Morgan fingerprint density at radius 2 is 2.00 bits per heavy atom. The van der Waals surface area contributed by atoms with Crippen LogP contribution < -0.4 is 5.73 Å². The standard InChI is InChI=1S/C18H27BClFN2O4/c20-15-4-3-13(11-16(15)21)12-23-9-5-14(6-10-23)18(22,17(24)25)7-1-2-8-19(26)27/h3-4,11,14,26-27H,1-2,5-10,12,22H2,(H,24,25). The zero-order valence-corrected chi connectivity index (χ0v) is 16.0. The van der Waals surface area contributed by atoms with Crippen LogP contribution in [0.1, 0.15) is 37.7 Å². The molecule has 1 fully saturated rings. The number of halogens is 2. The van der Waals surface area contributed by atoms with E-state index in [0.29, 0.717) is 51.7 Å². The Morgan fingerprint density at radius 3 is 2.56 bits per heavy atom. The van der Waals surface area contributed by atoms with Crippen LogP contribution >= 0.6 is 11.6 Å². The number of rotatable bonds is 9. The van der Waals surface area contributed by atoms with Crippen molar-refractivity contribution in [1.29, 1.82) is 0 Å². The van der Waals surface area contributed by atoms with Gasteiger partial charge in [-0.05, 0) is 62.3 Å². The molecular formula is C18H27BClFN2O4. The van der Waals surface area contributed by atoms with Gasteiger partial charge >= 0.3 is 13.1 Å². The Labute approximate surface area is 164 Å². The van der Waals surface area contributed by atoms with Crippen molar-refractivity contribution in [3.05, 3.63) is 34.6 Å². The molecule has 0 amide bonds. The second kappa shape index (κ2) is 9.84. The van der Waals surface area contributed by atoms with Crippen molar-refractivity contribution in [3.8, 4) is 0 Å². The van der Waals surface area contributed by atoms with Crippen LogP contribution in [0.15, 0.2) is 18.2 Å². The van der Waals surface area contributed by atoms with Crippen molar-refractivity contribution in [2.24, 2.45) is 11.7 Å². The SMILES string of the molecule is NC(CCCCB(O)O)(C(=O)O)C1CCN(Cc2ccc(Cl)c(F)c2)CC1. The maximum Gasteiger partial charge on any atom is 0.451 e. The third kappa shape index (κ3) is 6.15. The molecule has 9 heteroatoms. The largest absolute Gasteiger partial charge is 0.480 e. The summed E-state index contributed by atoms with van der Waals surface area (Å²) in [7, 11) is -1.37. The summed E-state index contributed by atoms with van der Waals surface area (Å²) in [5.74, 6) is -1.60. The number of nitrogens with two attached hydrogens (primary N) is 1. The monoisotopic (exact) mass is 400 g/mol. The number of likely N-dealkylation sites (tertiary alicyclic amines) is 1. The molecule has 2 rings (SSSR count). The van der Waals surface area contributed by atoms with Crippen LogP contribution in [0.25, 0.3) is 0 Å². The predicted octanol–water partition coefficient (Wildman–Crippen LogP) is 2.12. The van der Waals surface area contributed by atoms with Gasteiger partial charge in [0, 0.05) is 6.54 Å². The average Bonchev–Trinajstić information content (AvgIpc) is 2.62. The normalized spacial score (nSPS) is 18.3. The molecule has 1 heterocycles. The molecule has 0 aromatic heterocycles. The Hall–Kier alpha value is -1.19. The molecule has 6 nitrogen and oxygen atoms in total. The minimum Gasteiger partial charge on any atom is -0.480 e. The second-order valence-corrected chi connectivity index (χ2v) is 7.78. The van der Waals surface area contributed by atoms with E-state index in [9.17, 15) is 14.3 Å². The summed E-state index contributed by atoms with van der Waals surface area (Å²) < 4.78 is 13.6. The number of carboxylic acid groups (broad SMARTS) is 1. The molecule has 27 heavy (non-hydrogen) atoms. The van der Waals surface area contributed by atoms with Crippen molar-refractivity contribution in [2.75, 3.05) is 13.1 Å². The molecule has 0 bridgehead atoms. The topological polar surface area (TPSA) is 107 Å². The van der Waals surface area contributed by atoms with Crippen LogP contribution in [0.2, 0.25) is 11.3 Å². The van der Waals surface area contributed by atoms with Gasteiger partial charge in [-0.25, -0.2) is 4.39 Å². The summed E-state index contributed by atoms with van der Waals surface area (Å²) in [4.78, 5) is 14.0. The molecular weight excluding hydrogens is 373 g/mol. The van der Waals surface area contributed by atoms with Crippen molar-refractivity contribution < 1.29 is 24.3 Å². The fraction of sp³-hybridized carbons (Fsp3) is 0.611. The molecule has 0 saturated carbocycles. The Kier molecular flexibility index (Phi) is 8.06. The lowest BCUT2D eigenvalue weighted by atomic mass is 9.74. The van der Waals surface area contributed by atoms with E-state index >= 15 is 0 Å². The van der Waals surface area contributed by atoms with Crippen molar-refractivity contribution in [2.45, 2.75) is 50.5 Å². The summed E-state index contributed by atoms with van der Waals surface area (Å²) in [5, 5.41) is 27.5. The third-order valence-corrected chi connectivity index (χ3v) is 5.71. The first-order valence-electron chi connectivity index (χ1n) is 9.27. The van der Waals surface area contributed by atoms with Crippen LogP contribution in [-0.4, -0.2) is 51.8 Å². The highest BCUT2D eigenvalue weighted by Crippen LogP contribution is 2.32. The number of piperidine rings is 1. The lowest BCUT2D eigenvalue weighted by Crippen LogP contribution is -2.56. The smallest absolute Gasteiger partial charge is 0.451 e. The number of aliphatic carboxylic acids is 1. The van der Waals surface area contributed by atoms with Gasteiger partial charge in [-0.3, -0.25) is 9.69 Å². The molecule has 1 aliphatic rings. The third-order valence-electron chi connectivity index (χ3n) is 5.41. The van der Waals surface area contributed by atoms with E-state index in [1.165, 1.54) is 12.1 Å². The van der Waals surface area contributed by atoms with E-state index in [1.807, 2.05) is 0 Å². The van der Waals surface area contributed by atoms with Crippen molar-refractivity contribution in [3.63, 3.8) is 0 Å². The van der Waals surface area contributed by atoms with Gasteiger partial charge in [-0.1, -0.05) is 30.5 Å². The first-order valence-corrected chi connectivity index (χ1v) is 9.65. The fourth-order valence-electron chi connectivity index (χ4n) is 3.73. The average molecular weight is 401 g/mol. The molecule has 0 radical (unpaired) electrons. The van der Waals surface area contributed by atoms with Crippen LogP contribution in [0, 0.1) is 11.7 Å². The maximum absolute atomic E-state index is 13.6. The first kappa shape index (κ1) is 22.1. The summed E-state index contributed by atoms with van der Waals surface area (Å²) >= 11 is 5.71.